The van der Waals surface area contributed by atoms with Crippen LogP contribution in [-0.4, -0.2) is 26.2 Å². The van der Waals surface area contributed by atoms with Crippen molar-refractivity contribution < 1.29 is 15.0 Å². The van der Waals surface area contributed by atoms with Gasteiger partial charge in [-0.3, -0.25) is 0 Å². The van der Waals surface area contributed by atoms with E-state index in [0.717, 1.165) is 0 Å². The number of rotatable bonds is 5. The summed E-state index contributed by atoms with van der Waals surface area (Å²) in [5.74, 6) is -0.0731. The maximum Gasteiger partial charge on any atom is 0.337 e. The van der Waals surface area contributed by atoms with Crippen LogP contribution in [0.4, 0.5) is 23.1 Å². The second kappa shape index (κ2) is 6.88. The summed E-state index contributed by atoms with van der Waals surface area (Å²) in [6.07, 6.45) is 1.55. The van der Waals surface area contributed by atoms with E-state index >= 15 is 0 Å². The van der Waals surface area contributed by atoms with E-state index in [4.69, 9.17) is 0 Å². The highest BCUT2D eigenvalue weighted by molar-refractivity contribution is 5.95. The Morgan fingerprint density at radius 3 is 2.56 bits per heavy atom. The molecule has 0 amide bonds. The zero-order valence-corrected chi connectivity index (χ0v) is 13.4. The van der Waals surface area contributed by atoms with Crippen LogP contribution in [0, 0.1) is 6.92 Å². The van der Waals surface area contributed by atoms with Crippen LogP contribution < -0.4 is 10.6 Å². The molecule has 0 aliphatic carbocycles. The minimum atomic E-state index is -1.02. The predicted octanol–water partition coefficient (Wildman–Crippen LogP) is 3.68. The van der Waals surface area contributed by atoms with E-state index < -0.39 is 5.97 Å². The van der Waals surface area contributed by atoms with Crippen molar-refractivity contribution in [3.63, 3.8) is 0 Å². The lowest BCUT2D eigenvalue weighted by Gasteiger charge is -2.11. The lowest BCUT2D eigenvalue weighted by Crippen LogP contribution is -2.05. The number of carboxylic acid groups (broad SMARTS) is 1. The van der Waals surface area contributed by atoms with Gasteiger partial charge in [0, 0.05) is 17.4 Å². The highest BCUT2D eigenvalue weighted by atomic mass is 16.4. The van der Waals surface area contributed by atoms with E-state index in [2.05, 4.69) is 20.6 Å². The number of anilines is 4. The average Bonchev–Trinajstić information content (AvgIpc) is 2.60. The molecule has 7 nitrogen and oxygen atoms in total. The summed E-state index contributed by atoms with van der Waals surface area (Å²) in [5, 5.41) is 25.0. The standard InChI is InChI=1S/C18H16N4O3/c1-11-13(7-4-8-15(11)23)21-18-19-10-9-16(22-18)20-14-6-3-2-5-12(14)17(24)25/h2-10,23H,1H3,(H,24,25)(H2,19,20,21,22). The monoisotopic (exact) mass is 336 g/mol. The minimum absolute atomic E-state index is 0.152. The Morgan fingerprint density at radius 2 is 1.76 bits per heavy atom. The Hall–Kier alpha value is -3.61. The van der Waals surface area contributed by atoms with Gasteiger partial charge < -0.3 is 20.8 Å². The molecule has 0 spiro atoms. The Balaban J connectivity index is 1.85. The van der Waals surface area contributed by atoms with E-state index in [-0.39, 0.29) is 11.3 Å². The molecule has 0 unspecified atom stereocenters. The van der Waals surface area contributed by atoms with Crippen LogP contribution in [0.3, 0.4) is 0 Å². The molecule has 0 aliphatic rings. The summed E-state index contributed by atoms with van der Waals surface area (Å²) in [7, 11) is 0. The van der Waals surface area contributed by atoms with Crippen molar-refractivity contribution in [1.82, 2.24) is 9.97 Å². The third-order valence-corrected chi connectivity index (χ3v) is 3.63. The molecule has 1 aromatic heterocycles. The van der Waals surface area contributed by atoms with Crippen molar-refractivity contribution in [1.29, 1.82) is 0 Å². The van der Waals surface area contributed by atoms with E-state index in [1.165, 1.54) is 6.07 Å². The van der Waals surface area contributed by atoms with Gasteiger partial charge in [-0.15, -0.1) is 0 Å². The predicted molar refractivity (Wildman–Crippen MR) is 94.8 cm³/mol. The number of hydrogen-bond donors (Lipinski definition) is 4. The van der Waals surface area contributed by atoms with Gasteiger partial charge in [-0.1, -0.05) is 18.2 Å². The smallest absolute Gasteiger partial charge is 0.337 e. The Bertz CT molecular complexity index is 928. The quantitative estimate of drug-likeness (QED) is 0.563. The summed E-state index contributed by atoms with van der Waals surface area (Å²) in [5.41, 5.74) is 1.96. The first-order chi connectivity index (χ1) is 12.0. The number of aromatic hydroxyl groups is 1. The fourth-order valence-electron chi connectivity index (χ4n) is 2.28. The first kappa shape index (κ1) is 16.3. The summed E-state index contributed by atoms with van der Waals surface area (Å²) in [4.78, 5) is 19.8. The summed E-state index contributed by atoms with van der Waals surface area (Å²) < 4.78 is 0. The Kier molecular flexibility index (Phi) is 4.47. The van der Waals surface area contributed by atoms with Gasteiger partial charge in [-0.2, -0.15) is 4.98 Å². The Morgan fingerprint density at radius 1 is 1.00 bits per heavy atom. The number of para-hydroxylation sites is 1. The number of nitrogens with zero attached hydrogens (tertiary/aromatic N) is 2. The lowest BCUT2D eigenvalue weighted by molar-refractivity contribution is 0.0698. The number of phenolic OH excluding ortho intramolecular Hbond substituents is 1. The molecule has 0 bridgehead atoms. The zero-order valence-electron chi connectivity index (χ0n) is 13.4. The van der Waals surface area contributed by atoms with E-state index in [1.54, 1.807) is 55.6 Å². The molecule has 0 fully saturated rings. The first-order valence-electron chi connectivity index (χ1n) is 7.52. The molecule has 126 valence electrons. The van der Waals surface area contributed by atoms with Crippen LogP contribution in [0.25, 0.3) is 0 Å². The van der Waals surface area contributed by atoms with Crippen LogP contribution >= 0.6 is 0 Å². The van der Waals surface area contributed by atoms with Crippen LogP contribution in [0.2, 0.25) is 0 Å². The summed E-state index contributed by atoms with van der Waals surface area (Å²) >= 11 is 0. The molecule has 0 saturated heterocycles. The second-order valence-electron chi connectivity index (χ2n) is 5.32. The average molecular weight is 336 g/mol. The van der Waals surface area contributed by atoms with Crippen LogP contribution in [0.15, 0.2) is 54.7 Å². The van der Waals surface area contributed by atoms with Crippen molar-refractivity contribution >= 4 is 29.1 Å². The molecule has 0 radical (unpaired) electrons. The normalized spacial score (nSPS) is 10.3. The third kappa shape index (κ3) is 3.66. The third-order valence-electron chi connectivity index (χ3n) is 3.63. The number of nitrogens with one attached hydrogen (secondary N) is 2. The van der Waals surface area contributed by atoms with Gasteiger partial charge in [-0.25, -0.2) is 9.78 Å². The first-order valence-corrected chi connectivity index (χ1v) is 7.52. The maximum absolute atomic E-state index is 11.3. The van der Waals surface area contributed by atoms with Crippen molar-refractivity contribution in [3.05, 3.63) is 65.9 Å². The number of phenols is 1. The number of carboxylic acids is 1. The molecule has 0 atom stereocenters. The molecular weight excluding hydrogens is 320 g/mol. The van der Waals surface area contributed by atoms with Crippen LogP contribution in [0.5, 0.6) is 5.75 Å². The topological polar surface area (TPSA) is 107 Å². The molecule has 3 rings (SSSR count). The SMILES string of the molecule is Cc1c(O)cccc1Nc1nccc(Nc2ccccc2C(=O)O)n1. The summed E-state index contributed by atoms with van der Waals surface area (Å²) in [6, 6.07) is 13.3. The number of aromatic carboxylic acids is 1. The Labute approximate surface area is 144 Å². The van der Waals surface area contributed by atoms with Crippen molar-refractivity contribution in [3.8, 4) is 5.75 Å². The molecule has 25 heavy (non-hydrogen) atoms. The number of benzene rings is 2. The molecule has 1 heterocycles. The van der Waals surface area contributed by atoms with Crippen molar-refractivity contribution in [2.45, 2.75) is 6.92 Å². The van der Waals surface area contributed by atoms with Gasteiger partial charge in [0.1, 0.15) is 11.6 Å². The highest BCUT2D eigenvalue weighted by Crippen LogP contribution is 2.26. The molecule has 0 aliphatic heterocycles. The lowest BCUT2D eigenvalue weighted by atomic mass is 10.2. The van der Waals surface area contributed by atoms with Gasteiger partial charge in [0.25, 0.3) is 0 Å². The van der Waals surface area contributed by atoms with E-state index in [9.17, 15) is 15.0 Å². The minimum Gasteiger partial charge on any atom is -0.508 e. The zero-order chi connectivity index (χ0) is 17.8. The van der Waals surface area contributed by atoms with E-state index in [1.807, 2.05) is 0 Å². The number of hydrogen-bond acceptors (Lipinski definition) is 6. The van der Waals surface area contributed by atoms with Crippen molar-refractivity contribution in [2.24, 2.45) is 0 Å². The van der Waals surface area contributed by atoms with Gasteiger partial charge in [0.2, 0.25) is 5.95 Å². The van der Waals surface area contributed by atoms with Crippen LogP contribution in [-0.2, 0) is 0 Å². The molecule has 7 heteroatoms. The van der Waals surface area contributed by atoms with Gasteiger partial charge in [-0.05, 0) is 37.3 Å². The van der Waals surface area contributed by atoms with Crippen molar-refractivity contribution in [2.75, 3.05) is 10.6 Å². The fraction of sp³-hybridized carbons (Fsp3) is 0.0556. The van der Waals surface area contributed by atoms with Gasteiger partial charge >= 0.3 is 5.97 Å². The molecule has 0 saturated carbocycles. The largest absolute Gasteiger partial charge is 0.508 e. The van der Waals surface area contributed by atoms with Gasteiger partial charge in [0.05, 0.1) is 11.3 Å². The highest BCUT2D eigenvalue weighted by Gasteiger charge is 2.10. The number of aromatic nitrogens is 2. The van der Waals surface area contributed by atoms with E-state index in [0.29, 0.717) is 28.7 Å². The maximum atomic E-state index is 11.3. The molecule has 4 N–H and O–H groups in total. The fourth-order valence-corrected chi connectivity index (χ4v) is 2.28. The number of carbonyl (C=O) groups is 1. The van der Waals surface area contributed by atoms with Gasteiger partial charge in [0.15, 0.2) is 0 Å². The molecule has 2 aromatic carbocycles. The van der Waals surface area contributed by atoms with Crippen LogP contribution in [0.1, 0.15) is 15.9 Å². The second-order valence-corrected chi connectivity index (χ2v) is 5.32. The summed E-state index contributed by atoms with van der Waals surface area (Å²) in [6.45, 7) is 1.78. The molecule has 3 aromatic rings. The molecular formula is C18H16N4O3.